The first-order valence-corrected chi connectivity index (χ1v) is 6.65. The molecule has 1 spiro atoms. The Morgan fingerprint density at radius 1 is 1.25 bits per heavy atom. The van der Waals surface area contributed by atoms with Gasteiger partial charge in [0, 0.05) is 25.6 Å². The number of piperidine rings is 1. The van der Waals surface area contributed by atoms with Gasteiger partial charge in [0.05, 0.1) is 0 Å². The van der Waals surface area contributed by atoms with E-state index in [4.69, 9.17) is 5.73 Å². The monoisotopic (exact) mass is 224 g/mol. The van der Waals surface area contributed by atoms with Crippen LogP contribution in [0.15, 0.2) is 0 Å². The minimum atomic E-state index is -0.00475. The van der Waals surface area contributed by atoms with E-state index in [1.807, 2.05) is 11.8 Å². The fourth-order valence-corrected chi connectivity index (χ4v) is 3.26. The summed E-state index contributed by atoms with van der Waals surface area (Å²) in [4.78, 5) is 13.9. The van der Waals surface area contributed by atoms with Crippen molar-refractivity contribution in [3.63, 3.8) is 0 Å². The highest BCUT2D eigenvalue weighted by Gasteiger charge is 2.37. The number of nitrogens with two attached hydrogens (primary N) is 1. The third kappa shape index (κ3) is 2.57. The highest BCUT2D eigenvalue weighted by molar-refractivity contribution is 5.76. The molecule has 0 radical (unpaired) electrons. The van der Waals surface area contributed by atoms with Crippen molar-refractivity contribution < 1.29 is 4.79 Å². The van der Waals surface area contributed by atoms with E-state index in [0.29, 0.717) is 11.8 Å². The number of carbonyl (C=O) groups excluding carboxylic acids is 1. The highest BCUT2D eigenvalue weighted by Crippen LogP contribution is 2.46. The number of likely N-dealkylation sites (tertiary alicyclic amines) is 1. The Morgan fingerprint density at radius 2 is 1.81 bits per heavy atom. The van der Waals surface area contributed by atoms with E-state index in [0.717, 1.165) is 13.1 Å². The summed E-state index contributed by atoms with van der Waals surface area (Å²) in [6.45, 7) is 3.83. The van der Waals surface area contributed by atoms with Crippen molar-refractivity contribution in [2.75, 3.05) is 13.1 Å². The van der Waals surface area contributed by atoms with E-state index < -0.39 is 0 Å². The van der Waals surface area contributed by atoms with Gasteiger partial charge in [0.25, 0.3) is 0 Å². The van der Waals surface area contributed by atoms with Crippen LogP contribution in [0.5, 0.6) is 0 Å². The minimum Gasteiger partial charge on any atom is -0.343 e. The lowest BCUT2D eigenvalue weighted by molar-refractivity contribution is -0.133. The number of carbonyl (C=O) groups is 1. The third-order valence-corrected chi connectivity index (χ3v) is 4.34. The normalized spacial score (nSPS) is 26.0. The largest absolute Gasteiger partial charge is 0.343 e. The van der Waals surface area contributed by atoms with E-state index in [-0.39, 0.29) is 11.9 Å². The zero-order valence-electron chi connectivity index (χ0n) is 10.4. The highest BCUT2D eigenvalue weighted by atomic mass is 16.2. The molecule has 1 amide bonds. The average Bonchev–Trinajstić information content (AvgIpc) is 2.66. The molecule has 1 heterocycles. The Balaban J connectivity index is 1.82. The molecule has 92 valence electrons. The van der Waals surface area contributed by atoms with Gasteiger partial charge in [0.2, 0.25) is 5.91 Å². The molecular weight excluding hydrogens is 200 g/mol. The van der Waals surface area contributed by atoms with Gasteiger partial charge in [0.15, 0.2) is 0 Å². The second-order valence-corrected chi connectivity index (χ2v) is 5.77. The standard InChI is InChI=1S/C13H24N2O/c1-11(14)10-12(16)15-8-6-13(7-9-15)4-2-3-5-13/h11H,2-10,14H2,1H3. The number of amides is 1. The minimum absolute atomic E-state index is 0.00475. The lowest BCUT2D eigenvalue weighted by Crippen LogP contribution is -2.43. The summed E-state index contributed by atoms with van der Waals surface area (Å²) in [5, 5.41) is 0. The van der Waals surface area contributed by atoms with Crippen molar-refractivity contribution in [3.05, 3.63) is 0 Å². The van der Waals surface area contributed by atoms with E-state index in [1.165, 1.54) is 38.5 Å². The summed E-state index contributed by atoms with van der Waals surface area (Å²) >= 11 is 0. The molecule has 1 unspecified atom stereocenters. The summed E-state index contributed by atoms with van der Waals surface area (Å²) in [6, 6.07) is -0.00475. The van der Waals surface area contributed by atoms with Crippen LogP contribution in [-0.2, 0) is 4.79 Å². The maximum absolute atomic E-state index is 11.9. The van der Waals surface area contributed by atoms with Gasteiger partial charge >= 0.3 is 0 Å². The summed E-state index contributed by atoms with van der Waals surface area (Å²) in [5.41, 5.74) is 6.27. The molecule has 1 aliphatic carbocycles. The number of hydrogen-bond acceptors (Lipinski definition) is 2. The molecule has 1 saturated heterocycles. The second kappa shape index (κ2) is 4.74. The molecular formula is C13H24N2O. The van der Waals surface area contributed by atoms with Crippen LogP contribution in [0.2, 0.25) is 0 Å². The van der Waals surface area contributed by atoms with Crippen LogP contribution in [0.3, 0.4) is 0 Å². The van der Waals surface area contributed by atoms with E-state index in [9.17, 15) is 4.79 Å². The van der Waals surface area contributed by atoms with Crippen LogP contribution >= 0.6 is 0 Å². The fraction of sp³-hybridized carbons (Fsp3) is 0.923. The summed E-state index contributed by atoms with van der Waals surface area (Å²) in [6.07, 6.45) is 8.52. The Bertz CT molecular complexity index is 247. The van der Waals surface area contributed by atoms with Gasteiger partial charge in [-0.3, -0.25) is 4.79 Å². The van der Waals surface area contributed by atoms with Gasteiger partial charge in [0.1, 0.15) is 0 Å². The van der Waals surface area contributed by atoms with Gasteiger partial charge in [-0.25, -0.2) is 0 Å². The number of rotatable bonds is 2. The second-order valence-electron chi connectivity index (χ2n) is 5.77. The molecule has 3 nitrogen and oxygen atoms in total. The molecule has 0 aromatic carbocycles. The average molecular weight is 224 g/mol. The molecule has 1 atom stereocenters. The van der Waals surface area contributed by atoms with Crippen molar-refractivity contribution >= 4 is 5.91 Å². The number of nitrogens with zero attached hydrogens (tertiary/aromatic N) is 1. The summed E-state index contributed by atoms with van der Waals surface area (Å²) in [7, 11) is 0. The molecule has 16 heavy (non-hydrogen) atoms. The van der Waals surface area contributed by atoms with Crippen LogP contribution in [-0.4, -0.2) is 29.9 Å². The number of hydrogen-bond donors (Lipinski definition) is 1. The van der Waals surface area contributed by atoms with Gasteiger partial charge in [-0.2, -0.15) is 0 Å². The summed E-state index contributed by atoms with van der Waals surface area (Å²) < 4.78 is 0. The first-order valence-electron chi connectivity index (χ1n) is 6.65. The van der Waals surface area contributed by atoms with Crippen molar-refractivity contribution in [1.82, 2.24) is 4.90 Å². The van der Waals surface area contributed by atoms with Gasteiger partial charge in [-0.15, -0.1) is 0 Å². The first-order chi connectivity index (χ1) is 7.61. The quantitative estimate of drug-likeness (QED) is 0.778. The smallest absolute Gasteiger partial charge is 0.224 e. The van der Waals surface area contributed by atoms with E-state index in [1.54, 1.807) is 0 Å². The molecule has 2 aliphatic rings. The molecule has 0 aromatic heterocycles. The SMILES string of the molecule is CC(N)CC(=O)N1CCC2(CCCC2)CC1. The van der Waals surface area contributed by atoms with Crippen LogP contribution < -0.4 is 5.73 Å². The molecule has 0 bridgehead atoms. The van der Waals surface area contributed by atoms with Crippen LogP contribution in [0, 0.1) is 5.41 Å². The van der Waals surface area contributed by atoms with Gasteiger partial charge in [-0.05, 0) is 38.0 Å². The molecule has 1 aliphatic heterocycles. The Morgan fingerprint density at radius 3 is 2.31 bits per heavy atom. The van der Waals surface area contributed by atoms with Crippen LogP contribution in [0.25, 0.3) is 0 Å². The molecule has 0 aromatic rings. The lowest BCUT2D eigenvalue weighted by Gasteiger charge is -2.39. The maximum Gasteiger partial charge on any atom is 0.224 e. The molecule has 3 heteroatoms. The molecule has 2 fully saturated rings. The topological polar surface area (TPSA) is 46.3 Å². The summed E-state index contributed by atoms with van der Waals surface area (Å²) in [5.74, 6) is 0.253. The van der Waals surface area contributed by atoms with E-state index >= 15 is 0 Å². The predicted octanol–water partition coefficient (Wildman–Crippen LogP) is 1.91. The molecule has 2 rings (SSSR count). The van der Waals surface area contributed by atoms with Gasteiger partial charge in [-0.1, -0.05) is 12.8 Å². The zero-order chi connectivity index (χ0) is 11.6. The lowest BCUT2D eigenvalue weighted by atomic mass is 9.77. The first kappa shape index (κ1) is 11.9. The maximum atomic E-state index is 11.9. The van der Waals surface area contributed by atoms with Crippen LogP contribution in [0.4, 0.5) is 0 Å². The Hall–Kier alpha value is -0.570. The Kier molecular flexibility index (Phi) is 3.53. The van der Waals surface area contributed by atoms with E-state index in [2.05, 4.69) is 0 Å². The molecule has 1 saturated carbocycles. The van der Waals surface area contributed by atoms with Crippen LogP contribution in [0.1, 0.15) is 51.9 Å². The zero-order valence-corrected chi connectivity index (χ0v) is 10.4. The fourth-order valence-electron chi connectivity index (χ4n) is 3.26. The predicted molar refractivity (Wildman–Crippen MR) is 65.0 cm³/mol. The van der Waals surface area contributed by atoms with Crippen molar-refractivity contribution in [2.24, 2.45) is 11.1 Å². The van der Waals surface area contributed by atoms with Gasteiger partial charge < -0.3 is 10.6 Å². The van der Waals surface area contributed by atoms with Crippen molar-refractivity contribution in [3.8, 4) is 0 Å². The van der Waals surface area contributed by atoms with Crippen molar-refractivity contribution in [1.29, 1.82) is 0 Å². The molecule has 2 N–H and O–H groups in total. The Labute approximate surface area is 98.4 Å². The third-order valence-electron chi connectivity index (χ3n) is 4.34. The van der Waals surface area contributed by atoms with Crippen molar-refractivity contribution in [2.45, 2.75) is 57.9 Å².